The molecule has 0 saturated heterocycles. The highest BCUT2D eigenvalue weighted by Crippen LogP contribution is 2.24. The van der Waals surface area contributed by atoms with Crippen LogP contribution in [0.25, 0.3) is 0 Å². The Morgan fingerprint density at radius 2 is 2.00 bits per heavy atom. The van der Waals surface area contributed by atoms with Gasteiger partial charge in [0, 0.05) is 13.1 Å². The number of hydrogen-bond acceptors (Lipinski definition) is 3. The zero-order chi connectivity index (χ0) is 15.2. The maximum Gasteiger partial charge on any atom is 0.119 e. The molecule has 3 nitrogen and oxygen atoms in total. The minimum absolute atomic E-state index is 0.233. The van der Waals surface area contributed by atoms with Gasteiger partial charge in [-0.1, -0.05) is 39.8 Å². The maximum absolute atomic E-state index is 9.93. The molecule has 3 heteroatoms. The van der Waals surface area contributed by atoms with Gasteiger partial charge in [0.2, 0.25) is 0 Å². The van der Waals surface area contributed by atoms with Crippen LogP contribution in [0.1, 0.15) is 33.3 Å². The highest BCUT2D eigenvalue weighted by Gasteiger charge is 2.21. The van der Waals surface area contributed by atoms with Gasteiger partial charge in [-0.25, -0.2) is 0 Å². The molecule has 0 saturated carbocycles. The van der Waals surface area contributed by atoms with Gasteiger partial charge in [-0.15, -0.1) is 0 Å². The molecule has 20 heavy (non-hydrogen) atoms. The molecule has 1 unspecified atom stereocenters. The molecule has 0 aliphatic heterocycles. The molecule has 0 heterocycles. The van der Waals surface area contributed by atoms with Gasteiger partial charge in [-0.05, 0) is 36.0 Å². The van der Waals surface area contributed by atoms with E-state index >= 15 is 0 Å². The van der Waals surface area contributed by atoms with Crippen molar-refractivity contribution in [1.29, 1.82) is 0 Å². The Morgan fingerprint density at radius 1 is 1.30 bits per heavy atom. The summed E-state index contributed by atoms with van der Waals surface area (Å²) in [6, 6.07) is 7.87. The van der Waals surface area contributed by atoms with E-state index in [4.69, 9.17) is 4.74 Å². The first-order chi connectivity index (χ1) is 9.31. The van der Waals surface area contributed by atoms with E-state index in [2.05, 4.69) is 33.0 Å². The van der Waals surface area contributed by atoms with E-state index in [1.54, 1.807) is 0 Å². The van der Waals surface area contributed by atoms with Crippen LogP contribution < -0.4 is 10.1 Å². The molecule has 0 amide bonds. The summed E-state index contributed by atoms with van der Waals surface area (Å²) in [5, 5.41) is 13.3. The van der Waals surface area contributed by atoms with Crippen LogP contribution in [0.3, 0.4) is 0 Å². The van der Waals surface area contributed by atoms with Crippen molar-refractivity contribution in [2.45, 2.75) is 40.7 Å². The predicted molar refractivity (Wildman–Crippen MR) is 84.2 cm³/mol. The molecule has 0 bridgehead atoms. The van der Waals surface area contributed by atoms with Crippen LogP contribution in [0.2, 0.25) is 0 Å². The highest BCUT2D eigenvalue weighted by atomic mass is 16.5. The third-order valence-corrected chi connectivity index (χ3v) is 3.96. The van der Waals surface area contributed by atoms with Crippen LogP contribution in [0.5, 0.6) is 5.75 Å². The standard InChI is InChI=1S/C17H29NO2/c1-13(2)17(4,5)12-18-10-15(19)11-20-16-8-6-7-14(3)9-16/h6-9,13,15,18-19H,10-12H2,1-5H3. The summed E-state index contributed by atoms with van der Waals surface area (Å²) in [5.41, 5.74) is 1.39. The monoisotopic (exact) mass is 279 g/mol. The first-order valence-corrected chi connectivity index (χ1v) is 7.39. The van der Waals surface area contributed by atoms with Crippen molar-refractivity contribution < 1.29 is 9.84 Å². The molecule has 1 aromatic rings. The number of rotatable bonds is 8. The molecule has 0 aliphatic rings. The van der Waals surface area contributed by atoms with Gasteiger partial charge >= 0.3 is 0 Å². The molecule has 1 atom stereocenters. The quantitative estimate of drug-likeness (QED) is 0.768. The van der Waals surface area contributed by atoms with Crippen molar-refractivity contribution in [2.75, 3.05) is 19.7 Å². The number of aryl methyl sites for hydroxylation is 1. The Hall–Kier alpha value is -1.06. The van der Waals surface area contributed by atoms with Crippen molar-refractivity contribution in [3.05, 3.63) is 29.8 Å². The molecule has 0 radical (unpaired) electrons. The molecule has 0 aromatic heterocycles. The zero-order valence-electron chi connectivity index (χ0n) is 13.4. The second-order valence-electron chi connectivity index (χ2n) is 6.56. The van der Waals surface area contributed by atoms with Gasteiger partial charge < -0.3 is 15.2 Å². The molecular formula is C17H29NO2. The molecule has 1 rings (SSSR count). The van der Waals surface area contributed by atoms with Crippen LogP contribution in [-0.2, 0) is 0 Å². The fraction of sp³-hybridized carbons (Fsp3) is 0.647. The van der Waals surface area contributed by atoms with E-state index in [9.17, 15) is 5.11 Å². The Balaban J connectivity index is 2.26. The minimum atomic E-state index is -0.488. The molecule has 0 spiro atoms. The number of aliphatic hydroxyl groups excluding tert-OH is 1. The fourth-order valence-corrected chi connectivity index (χ4v) is 1.72. The third kappa shape index (κ3) is 5.93. The van der Waals surface area contributed by atoms with E-state index < -0.39 is 6.10 Å². The van der Waals surface area contributed by atoms with Crippen LogP contribution in [-0.4, -0.2) is 30.9 Å². The molecule has 0 aliphatic carbocycles. The molecule has 2 N–H and O–H groups in total. The van der Waals surface area contributed by atoms with Gasteiger partial charge in [0.15, 0.2) is 0 Å². The lowest BCUT2D eigenvalue weighted by atomic mass is 9.81. The van der Waals surface area contributed by atoms with E-state index in [1.807, 2.05) is 31.2 Å². The first-order valence-electron chi connectivity index (χ1n) is 7.39. The van der Waals surface area contributed by atoms with Crippen LogP contribution in [0.4, 0.5) is 0 Å². The first kappa shape index (κ1) is 17.0. The van der Waals surface area contributed by atoms with Gasteiger partial charge in [-0.3, -0.25) is 0 Å². The number of benzene rings is 1. The average Bonchev–Trinajstić information content (AvgIpc) is 2.36. The summed E-state index contributed by atoms with van der Waals surface area (Å²) >= 11 is 0. The Labute approximate surface area is 123 Å². The summed E-state index contributed by atoms with van der Waals surface area (Å²) in [4.78, 5) is 0. The number of ether oxygens (including phenoxy) is 1. The van der Waals surface area contributed by atoms with Crippen molar-refractivity contribution in [1.82, 2.24) is 5.32 Å². The van der Waals surface area contributed by atoms with Crippen molar-refractivity contribution >= 4 is 0 Å². The second-order valence-corrected chi connectivity index (χ2v) is 6.56. The fourth-order valence-electron chi connectivity index (χ4n) is 1.72. The topological polar surface area (TPSA) is 41.5 Å². The third-order valence-electron chi connectivity index (χ3n) is 3.96. The van der Waals surface area contributed by atoms with Crippen LogP contribution in [0.15, 0.2) is 24.3 Å². The maximum atomic E-state index is 9.93. The van der Waals surface area contributed by atoms with Crippen molar-refractivity contribution in [2.24, 2.45) is 11.3 Å². The summed E-state index contributed by atoms with van der Waals surface area (Å²) in [6.07, 6.45) is -0.488. The van der Waals surface area contributed by atoms with Crippen LogP contribution in [0, 0.1) is 18.3 Å². The van der Waals surface area contributed by atoms with E-state index in [0.29, 0.717) is 19.1 Å². The summed E-state index contributed by atoms with van der Waals surface area (Å²) in [6.45, 7) is 12.7. The second kappa shape index (κ2) is 7.65. The molecular weight excluding hydrogens is 250 g/mol. The zero-order valence-corrected chi connectivity index (χ0v) is 13.4. The van der Waals surface area contributed by atoms with E-state index in [1.165, 1.54) is 0 Å². The van der Waals surface area contributed by atoms with Gasteiger partial charge in [0.05, 0.1) is 0 Å². The predicted octanol–water partition coefficient (Wildman–Crippen LogP) is 3.01. The number of aliphatic hydroxyl groups is 1. The highest BCUT2D eigenvalue weighted by molar-refractivity contribution is 5.27. The number of nitrogens with one attached hydrogen (secondary N) is 1. The van der Waals surface area contributed by atoms with Gasteiger partial charge in [0.1, 0.15) is 18.5 Å². The Bertz CT molecular complexity index is 402. The van der Waals surface area contributed by atoms with Crippen molar-refractivity contribution in [3.8, 4) is 5.75 Å². The van der Waals surface area contributed by atoms with Gasteiger partial charge in [-0.2, -0.15) is 0 Å². The normalized spacial score (nSPS) is 13.6. The largest absolute Gasteiger partial charge is 0.491 e. The summed E-state index contributed by atoms with van der Waals surface area (Å²) < 4.78 is 5.59. The van der Waals surface area contributed by atoms with Crippen molar-refractivity contribution in [3.63, 3.8) is 0 Å². The average molecular weight is 279 g/mol. The molecule has 114 valence electrons. The SMILES string of the molecule is Cc1cccc(OCC(O)CNCC(C)(C)C(C)C)c1. The lowest BCUT2D eigenvalue weighted by molar-refractivity contribution is 0.101. The lowest BCUT2D eigenvalue weighted by Gasteiger charge is -2.30. The summed E-state index contributed by atoms with van der Waals surface area (Å²) in [7, 11) is 0. The smallest absolute Gasteiger partial charge is 0.119 e. The van der Waals surface area contributed by atoms with E-state index in [-0.39, 0.29) is 5.41 Å². The molecule has 1 aromatic carbocycles. The van der Waals surface area contributed by atoms with E-state index in [0.717, 1.165) is 17.9 Å². The Morgan fingerprint density at radius 3 is 2.60 bits per heavy atom. The van der Waals surface area contributed by atoms with Gasteiger partial charge in [0.25, 0.3) is 0 Å². The lowest BCUT2D eigenvalue weighted by Crippen LogP contribution is -2.39. The minimum Gasteiger partial charge on any atom is -0.491 e. The summed E-state index contributed by atoms with van der Waals surface area (Å²) in [5.74, 6) is 1.42. The van der Waals surface area contributed by atoms with Crippen LogP contribution >= 0.6 is 0 Å². The molecule has 0 fully saturated rings. The number of hydrogen-bond donors (Lipinski definition) is 2. The Kier molecular flexibility index (Phi) is 6.50.